The zero-order chi connectivity index (χ0) is 13.7. The highest BCUT2D eigenvalue weighted by Gasteiger charge is 2.64. The summed E-state index contributed by atoms with van der Waals surface area (Å²) < 4.78 is 0. The second kappa shape index (κ2) is 4.26. The molecule has 2 aliphatic heterocycles. The molecule has 2 heterocycles. The first-order valence-electron chi connectivity index (χ1n) is 6.54. The van der Waals surface area contributed by atoms with Gasteiger partial charge >= 0.3 is 0 Å². The Hall–Kier alpha value is -0.980. The van der Waals surface area contributed by atoms with Crippen LogP contribution in [0.1, 0.15) is 18.4 Å². The molecule has 5 N–H and O–H groups in total. The number of hydrogen-bond acceptors (Lipinski definition) is 5. The molecule has 0 unspecified atom stereocenters. The molecular formula is C14H19NO4. The monoisotopic (exact) mass is 265 g/mol. The van der Waals surface area contributed by atoms with Crippen molar-refractivity contribution in [2.24, 2.45) is 0 Å². The molecule has 2 saturated heterocycles. The molecule has 0 amide bonds. The average Bonchev–Trinajstić information content (AvgIpc) is 2.60. The molecule has 2 aliphatic rings. The minimum atomic E-state index is -1.10. The van der Waals surface area contributed by atoms with Crippen molar-refractivity contribution in [1.82, 2.24) is 5.32 Å². The van der Waals surface area contributed by atoms with Crippen LogP contribution >= 0.6 is 0 Å². The van der Waals surface area contributed by atoms with Crippen molar-refractivity contribution in [2.75, 3.05) is 6.61 Å². The van der Waals surface area contributed by atoms with Gasteiger partial charge in [0.15, 0.2) is 0 Å². The minimum Gasteiger partial charge on any atom is -0.394 e. The third-order valence-electron chi connectivity index (χ3n) is 4.57. The lowest BCUT2D eigenvalue weighted by Gasteiger charge is -2.43. The summed E-state index contributed by atoms with van der Waals surface area (Å²) >= 11 is 0. The lowest BCUT2D eigenvalue weighted by molar-refractivity contribution is -0.0215. The Morgan fingerprint density at radius 1 is 1.05 bits per heavy atom. The lowest BCUT2D eigenvalue weighted by Crippen LogP contribution is -2.61. The first-order valence-corrected chi connectivity index (χ1v) is 6.54. The van der Waals surface area contributed by atoms with Crippen LogP contribution in [0.15, 0.2) is 30.3 Å². The zero-order valence-electron chi connectivity index (χ0n) is 10.5. The van der Waals surface area contributed by atoms with E-state index in [0.717, 1.165) is 5.56 Å². The number of aliphatic hydroxyl groups is 4. The molecule has 0 radical (unpaired) electrons. The van der Waals surface area contributed by atoms with E-state index in [1.165, 1.54) is 0 Å². The van der Waals surface area contributed by atoms with Gasteiger partial charge in [-0.05, 0) is 18.4 Å². The van der Waals surface area contributed by atoms with E-state index >= 15 is 0 Å². The average molecular weight is 265 g/mol. The number of benzene rings is 1. The van der Waals surface area contributed by atoms with Gasteiger partial charge in [-0.2, -0.15) is 0 Å². The van der Waals surface area contributed by atoms with Crippen LogP contribution in [0.3, 0.4) is 0 Å². The summed E-state index contributed by atoms with van der Waals surface area (Å²) in [6.07, 6.45) is -2.28. The van der Waals surface area contributed by atoms with Crippen LogP contribution in [0.25, 0.3) is 0 Å². The van der Waals surface area contributed by atoms with E-state index in [2.05, 4.69) is 5.32 Å². The predicted octanol–water partition coefficient (Wildman–Crippen LogP) is -0.907. The molecule has 0 saturated carbocycles. The molecule has 104 valence electrons. The first-order chi connectivity index (χ1) is 9.04. The molecule has 2 fully saturated rings. The van der Waals surface area contributed by atoms with Gasteiger partial charge in [0.05, 0.1) is 23.8 Å². The largest absolute Gasteiger partial charge is 0.394 e. The van der Waals surface area contributed by atoms with Crippen molar-refractivity contribution in [1.29, 1.82) is 0 Å². The lowest BCUT2D eigenvalue weighted by atomic mass is 9.79. The quantitative estimate of drug-likeness (QED) is 0.477. The Bertz CT molecular complexity index is 468. The smallest absolute Gasteiger partial charge is 0.104 e. The van der Waals surface area contributed by atoms with Gasteiger partial charge in [0, 0.05) is 0 Å². The molecule has 0 aliphatic carbocycles. The Kier molecular flexibility index (Phi) is 2.92. The molecule has 2 bridgehead atoms. The van der Waals surface area contributed by atoms with E-state index in [1.807, 2.05) is 30.3 Å². The fourth-order valence-corrected chi connectivity index (χ4v) is 3.67. The fourth-order valence-electron chi connectivity index (χ4n) is 3.67. The Labute approximate surface area is 111 Å². The first kappa shape index (κ1) is 13.0. The van der Waals surface area contributed by atoms with Crippen LogP contribution in [-0.2, 0) is 5.54 Å². The highest BCUT2D eigenvalue weighted by Crippen LogP contribution is 2.48. The zero-order valence-corrected chi connectivity index (χ0v) is 10.5. The Balaban J connectivity index is 2.10. The molecule has 5 atom stereocenters. The van der Waals surface area contributed by atoms with Gasteiger partial charge < -0.3 is 20.4 Å². The van der Waals surface area contributed by atoms with Crippen LogP contribution in [0.4, 0.5) is 0 Å². The summed E-state index contributed by atoms with van der Waals surface area (Å²) in [7, 11) is 0. The molecule has 1 aromatic rings. The number of nitrogens with one attached hydrogen (secondary N) is 1. The summed E-state index contributed by atoms with van der Waals surface area (Å²) in [5.74, 6) is 0. The van der Waals surface area contributed by atoms with E-state index in [1.54, 1.807) is 0 Å². The fraction of sp³-hybridized carbons (Fsp3) is 0.571. The van der Waals surface area contributed by atoms with Gasteiger partial charge in [0.25, 0.3) is 0 Å². The van der Waals surface area contributed by atoms with Gasteiger partial charge in [0.1, 0.15) is 12.2 Å². The van der Waals surface area contributed by atoms with Crippen molar-refractivity contribution in [2.45, 2.75) is 42.2 Å². The van der Waals surface area contributed by atoms with Gasteiger partial charge in [-0.15, -0.1) is 0 Å². The van der Waals surface area contributed by atoms with Crippen molar-refractivity contribution >= 4 is 0 Å². The standard InChI is InChI=1S/C14H19NO4/c16-8-13-6-10(17)7-14(15-13,12(19)11(13)18)9-4-2-1-3-5-9/h1-5,10-12,15-19H,6-8H2/t10-,11+,12+,13-,14+/m1/s1. The maximum atomic E-state index is 10.5. The number of hydrogen-bond donors (Lipinski definition) is 5. The third kappa shape index (κ3) is 1.67. The molecule has 5 heteroatoms. The molecule has 5 nitrogen and oxygen atoms in total. The van der Waals surface area contributed by atoms with E-state index < -0.39 is 29.4 Å². The Morgan fingerprint density at radius 2 is 1.74 bits per heavy atom. The summed E-state index contributed by atoms with van der Waals surface area (Å²) in [5, 5.41) is 43.6. The second-order valence-corrected chi connectivity index (χ2v) is 5.73. The summed E-state index contributed by atoms with van der Waals surface area (Å²) in [5.41, 5.74) is -1.12. The summed E-state index contributed by atoms with van der Waals surface area (Å²) in [6, 6.07) is 9.29. The van der Waals surface area contributed by atoms with Crippen molar-refractivity contribution < 1.29 is 20.4 Å². The Morgan fingerprint density at radius 3 is 2.37 bits per heavy atom. The molecule has 19 heavy (non-hydrogen) atoms. The van der Waals surface area contributed by atoms with Gasteiger partial charge in [-0.1, -0.05) is 30.3 Å². The number of piperidine rings is 1. The molecular weight excluding hydrogens is 246 g/mol. The maximum Gasteiger partial charge on any atom is 0.104 e. The third-order valence-corrected chi connectivity index (χ3v) is 4.57. The van der Waals surface area contributed by atoms with Crippen LogP contribution in [0.2, 0.25) is 0 Å². The van der Waals surface area contributed by atoms with Gasteiger partial charge in [-0.25, -0.2) is 0 Å². The molecule has 0 spiro atoms. The maximum absolute atomic E-state index is 10.5. The highest BCUT2D eigenvalue weighted by atomic mass is 16.3. The van der Waals surface area contributed by atoms with Crippen LogP contribution < -0.4 is 5.32 Å². The number of aliphatic hydroxyl groups excluding tert-OH is 4. The minimum absolute atomic E-state index is 0.232. The normalized spacial score (nSPS) is 45.4. The van der Waals surface area contributed by atoms with Gasteiger partial charge in [-0.3, -0.25) is 5.32 Å². The predicted molar refractivity (Wildman–Crippen MR) is 68.3 cm³/mol. The van der Waals surface area contributed by atoms with E-state index in [9.17, 15) is 20.4 Å². The number of fused-ring (bicyclic) bond motifs is 2. The van der Waals surface area contributed by atoms with Gasteiger partial charge in [0.2, 0.25) is 0 Å². The number of rotatable bonds is 2. The van der Waals surface area contributed by atoms with Crippen LogP contribution in [0, 0.1) is 0 Å². The molecule has 0 aromatic heterocycles. The summed E-state index contributed by atoms with van der Waals surface area (Å²) in [6.45, 7) is -0.323. The summed E-state index contributed by atoms with van der Waals surface area (Å²) in [4.78, 5) is 0. The topological polar surface area (TPSA) is 93.0 Å². The van der Waals surface area contributed by atoms with E-state index in [4.69, 9.17) is 0 Å². The molecule has 1 aromatic carbocycles. The highest BCUT2D eigenvalue weighted by molar-refractivity contribution is 5.34. The molecule has 3 rings (SSSR count). The van der Waals surface area contributed by atoms with E-state index in [0.29, 0.717) is 6.42 Å². The van der Waals surface area contributed by atoms with Crippen molar-refractivity contribution in [3.8, 4) is 0 Å². The van der Waals surface area contributed by atoms with Crippen LogP contribution in [0.5, 0.6) is 0 Å². The van der Waals surface area contributed by atoms with Crippen molar-refractivity contribution in [3.05, 3.63) is 35.9 Å². The van der Waals surface area contributed by atoms with E-state index in [-0.39, 0.29) is 13.0 Å². The van der Waals surface area contributed by atoms with Crippen LogP contribution in [-0.4, -0.2) is 50.9 Å². The SMILES string of the molecule is OC[C@@]12C[C@@H](O)C[C@@](c3ccccc3)(N1)[C@@H](O)[C@@H]2O. The van der Waals surface area contributed by atoms with Crippen molar-refractivity contribution in [3.63, 3.8) is 0 Å². The second-order valence-electron chi connectivity index (χ2n) is 5.73.